The summed E-state index contributed by atoms with van der Waals surface area (Å²) < 4.78 is 28.3. The first kappa shape index (κ1) is 65.2. The van der Waals surface area contributed by atoms with Crippen LogP contribution in [0.4, 0.5) is 0 Å². The van der Waals surface area contributed by atoms with Gasteiger partial charge in [0.2, 0.25) is 0 Å². The minimum atomic E-state index is -1.93. The van der Waals surface area contributed by atoms with Gasteiger partial charge in [0, 0.05) is 19.3 Å². The smallest absolute Gasteiger partial charge is 0.335 e. The van der Waals surface area contributed by atoms with Crippen LogP contribution in [0.1, 0.15) is 226 Å². The van der Waals surface area contributed by atoms with Gasteiger partial charge in [0.1, 0.15) is 18.8 Å². The maximum Gasteiger partial charge on any atom is 0.335 e. The Labute approximate surface area is 429 Å². The molecule has 1 aliphatic heterocycles. The average molecular weight is 999 g/mol. The molecule has 0 aliphatic carbocycles. The van der Waals surface area contributed by atoms with Crippen molar-refractivity contribution < 1.29 is 58.2 Å². The van der Waals surface area contributed by atoms with Crippen molar-refractivity contribution in [3.05, 3.63) is 72.9 Å². The Morgan fingerprint density at radius 3 is 1.46 bits per heavy atom. The predicted molar refractivity (Wildman–Crippen MR) is 285 cm³/mol. The third-order valence-electron chi connectivity index (χ3n) is 12.3. The van der Waals surface area contributed by atoms with Crippen LogP contribution in [0.5, 0.6) is 0 Å². The molecule has 0 aromatic heterocycles. The summed E-state index contributed by atoms with van der Waals surface area (Å²) >= 11 is 0. The Balaban J connectivity index is 2.75. The summed E-state index contributed by atoms with van der Waals surface area (Å²) in [6.07, 6.45) is 46.1. The molecule has 71 heavy (non-hydrogen) atoms. The van der Waals surface area contributed by atoms with Gasteiger partial charge < -0.3 is 39.0 Å². The summed E-state index contributed by atoms with van der Waals surface area (Å²) in [6.45, 7) is 5.76. The summed E-state index contributed by atoms with van der Waals surface area (Å²) in [6, 6.07) is 0. The number of hydrogen-bond donors (Lipinski definition) is 3. The van der Waals surface area contributed by atoms with E-state index in [4.69, 9.17) is 23.7 Å². The number of esters is 3. The van der Waals surface area contributed by atoms with Crippen LogP contribution in [-0.4, -0.2) is 89.2 Å². The number of carbonyl (C=O) groups is 4. The van der Waals surface area contributed by atoms with Gasteiger partial charge in [0.15, 0.2) is 24.6 Å². The standard InChI is InChI=1S/C59H98O12/c1-4-7-10-13-16-19-22-25-26-29-30-33-36-39-42-45-51(60)67-48-50(69-52(61)46-43-40-37-34-31-27-23-20-17-14-11-8-5-2)49-68-59-57(55(64)54(63)56(71-59)58(65)66)70-53(62)47-44-41-38-35-32-28-24-21-18-15-12-9-6-3/h9,11-12,14,18,20-21,23,28,32,38,41,50,54-57,59,63-64H,4-8,10,13,15-17,19,22,24-27,29-31,33-37,39-40,42-49H2,1-3H3,(H,65,66)/b12-9-,14-11-,21-18-,23-20-,32-28-,41-38-. The Morgan fingerprint density at radius 1 is 0.479 bits per heavy atom. The summed E-state index contributed by atoms with van der Waals surface area (Å²) in [5, 5.41) is 31.4. The molecule has 3 N–H and O–H groups in total. The number of allylic oxidation sites excluding steroid dienone is 12. The van der Waals surface area contributed by atoms with E-state index in [0.717, 1.165) is 89.9 Å². The highest BCUT2D eigenvalue weighted by Gasteiger charge is 2.50. The highest BCUT2D eigenvalue weighted by atomic mass is 16.7. The van der Waals surface area contributed by atoms with Gasteiger partial charge in [-0.2, -0.15) is 0 Å². The third kappa shape index (κ3) is 37.6. The molecule has 1 fully saturated rings. The number of aliphatic hydroxyl groups excluding tert-OH is 2. The van der Waals surface area contributed by atoms with Gasteiger partial charge in [-0.15, -0.1) is 0 Å². The zero-order valence-electron chi connectivity index (χ0n) is 44.4. The van der Waals surface area contributed by atoms with Gasteiger partial charge in [-0.3, -0.25) is 14.4 Å². The Kier molecular flexibility index (Phi) is 43.3. The first-order valence-corrected chi connectivity index (χ1v) is 27.9. The first-order valence-electron chi connectivity index (χ1n) is 27.9. The lowest BCUT2D eigenvalue weighted by Crippen LogP contribution is -2.61. The Morgan fingerprint density at radius 2 is 0.944 bits per heavy atom. The summed E-state index contributed by atoms with van der Waals surface area (Å²) in [5.74, 6) is -3.24. The molecular weight excluding hydrogens is 901 g/mol. The molecule has 0 amide bonds. The van der Waals surface area contributed by atoms with Crippen LogP contribution >= 0.6 is 0 Å². The molecular formula is C59H98O12. The lowest BCUT2D eigenvalue weighted by atomic mass is 9.98. The fourth-order valence-electron chi connectivity index (χ4n) is 8.01. The van der Waals surface area contributed by atoms with Crippen molar-refractivity contribution in [2.24, 2.45) is 0 Å². The minimum Gasteiger partial charge on any atom is -0.479 e. The number of unbranched alkanes of at least 4 members (excludes halogenated alkanes) is 20. The number of aliphatic carboxylic acids is 1. The van der Waals surface area contributed by atoms with Crippen molar-refractivity contribution in [2.75, 3.05) is 13.2 Å². The van der Waals surface area contributed by atoms with E-state index in [1.807, 2.05) is 18.2 Å². The number of carboxylic acid groups (broad SMARTS) is 1. The largest absolute Gasteiger partial charge is 0.479 e. The Hall–Kier alpha value is -3.84. The summed E-state index contributed by atoms with van der Waals surface area (Å²) in [4.78, 5) is 50.9. The van der Waals surface area contributed by atoms with Gasteiger partial charge in [-0.05, 0) is 70.6 Å². The van der Waals surface area contributed by atoms with Crippen LogP contribution < -0.4 is 0 Å². The third-order valence-corrected chi connectivity index (χ3v) is 12.3. The molecule has 0 radical (unpaired) electrons. The maximum atomic E-state index is 13.1. The fourth-order valence-corrected chi connectivity index (χ4v) is 8.01. The van der Waals surface area contributed by atoms with Crippen molar-refractivity contribution in [3.63, 3.8) is 0 Å². The highest BCUT2D eigenvalue weighted by Crippen LogP contribution is 2.26. The second-order valence-electron chi connectivity index (χ2n) is 18.8. The second kappa shape index (κ2) is 47.2. The molecule has 6 unspecified atom stereocenters. The molecule has 12 nitrogen and oxygen atoms in total. The molecule has 12 heteroatoms. The van der Waals surface area contributed by atoms with Crippen molar-refractivity contribution in [2.45, 2.75) is 263 Å². The van der Waals surface area contributed by atoms with Crippen LogP contribution in [0.25, 0.3) is 0 Å². The Bertz CT molecular complexity index is 1510. The van der Waals surface area contributed by atoms with Crippen LogP contribution in [-0.2, 0) is 42.9 Å². The molecule has 0 spiro atoms. The maximum absolute atomic E-state index is 13.1. The zero-order valence-corrected chi connectivity index (χ0v) is 44.4. The molecule has 0 aromatic carbocycles. The van der Waals surface area contributed by atoms with E-state index in [9.17, 15) is 34.5 Å². The van der Waals surface area contributed by atoms with Crippen molar-refractivity contribution >= 4 is 23.9 Å². The molecule has 1 aliphatic rings. The van der Waals surface area contributed by atoms with Crippen molar-refractivity contribution in [1.29, 1.82) is 0 Å². The zero-order chi connectivity index (χ0) is 51.8. The second-order valence-corrected chi connectivity index (χ2v) is 18.8. The molecule has 1 heterocycles. The van der Waals surface area contributed by atoms with Gasteiger partial charge in [-0.1, -0.05) is 209 Å². The molecule has 406 valence electrons. The number of rotatable bonds is 46. The minimum absolute atomic E-state index is 0.0633. The van der Waals surface area contributed by atoms with Crippen LogP contribution in [0.2, 0.25) is 0 Å². The van der Waals surface area contributed by atoms with Gasteiger partial charge in [0.25, 0.3) is 0 Å². The van der Waals surface area contributed by atoms with E-state index in [1.54, 1.807) is 0 Å². The van der Waals surface area contributed by atoms with Gasteiger partial charge >= 0.3 is 23.9 Å². The SMILES string of the molecule is CC/C=C\C/C=C\C/C=C\C/C=C\CCC(=O)OC1C(OCC(COC(=O)CCCCCCCCCCCCCCCCC)OC(=O)CCCCCCC/C=C\C/C=C\CCC)OC(C(=O)O)C(O)C1O. The summed E-state index contributed by atoms with van der Waals surface area (Å²) in [5.41, 5.74) is 0. The number of carboxylic acids is 1. The predicted octanol–water partition coefficient (Wildman–Crippen LogP) is 13.8. The topological polar surface area (TPSA) is 175 Å². The molecule has 0 saturated carbocycles. The van der Waals surface area contributed by atoms with Crippen LogP contribution in [0.15, 0.2) is 72.9 Å². The van der Waals surface area contributed by atoms with Crippen LogP contribution in [0.3, 0.4) is 0 Å². The highest BCUT2D eigenvalue weighted by molar-refractivity contribution is 5.74. The molecule has 0 bridgehead atoms. The lowest BCUT2D eigenvalue weighted by Gasteiger charge is -2.40. The van der Waals surface area contributed by atoms with Gasteiger partial charge in [-0.25, -0.2) is 4.79 Å². The number of ether oxygens (including phenoxy) is 5. The van der Waals surface area contributed by atoms with Gasteiger partial charge in [0.05, 0.1) is 6.61 Å². The number of aliphatic hydroxyl groups is 2. The lowest BCUT2D eigenvalue weighted by molar-refractivity contribution is -0.301. The van der Waals surface area contributed by atoms with E-state index in [2.05, 4.69) is 75.5 Å². The normalized spacial score (nSPS) is 19.0. The van der Waals surface area contributed by atoms with Crippen LogP contribution in [0, 0.1) is 0 Å². The number of hydrogen-bond acceptors (Lipinski definition) is 11. The van der Waals surface area contributed by atoms with E-state index in [-0.39, 0.29) is 25.9 Å². The monoisotopic (exact) mass is 999 g/mol. The van der Waals surface area contributed by atoms with E-state index in [0.29, 0.717) is 25.7 Å². The fraction of sp³-hybridized carbons (Fsp3) is 0.729. The first-order chi connectivity index (χ1) is 34.6. The average Bonchev–Trinajstić information content (AvgIpc) is 3.35. The summed E-state index contributed by atoms with van der Waals surface area (Å²) in [7, 11) is 0. The molecule has 6 atom stereocenters. The molecule has 1 saturated heterocycles. The van der Waals surface area contributed by atoms with E-state index in [1.165, 1.54) is 70.6 Å². The van der Waals surface area contributed by atoms with Crippen molar-refractivity contribution in [3.8, 4) is 0 Å². The molecule has 0 aromatic rings. The van der Waals surface area contributed by atoms with Crippen molar-refractivity contribution in [1.82, 2.24) is 0 Å². The van der Waals surface area contributed by atoms with E-state index < -0.39 is 67.3 Å². The quantitative estimate of drug-likeness (QED) is 0.0228. The van der Waals surface area contributed by atoms with E-state index >= 15 is 0 Å². The number of carbonyl (C=O) groups excluding carboxylic acids is 3. The molecule has 1 rings (SSSR count).